The van der Waals surface area contributed by atoms with Gasteiger partial charge in [0.2, 0.25) is 5.91 Å². The molecule has 29 heavy (non-hydrogen) atoms. The minimum Gasteiger partial charge on any atom is -0.370 e. The Kier molecular flexibility index (Phi) is 4.87. The second kappa shape index (κ2) is 7.67. The van der Waals surface area contributed by atoms with Gasteiger partial charge in [-0.1, -0.05) is 11.6 Å². The molecule has 2 fully saturated rings. The number of anilines is 1. The third kappa shape index (κ3) is 3.94. The van der Waals surface area contributed by atoms with Gasteiger partial charge < -0.3 is 15.2 Å². The quantitative estimate of drug-likeness (QED) is 0.615. The number of amides is 1. The number of piperidine rings is 1. The second-order valence-electron chi connectivity index (χ2n) is 8.11. The third-order valence-electron chi connectivity index (χ3n) is 5.89. The first-order chi connectivity index (χ1) is 14.2. The van der Waals surface area contributed by atoms with E-state index < -0.39 is 0 Å². The van der Waals surface area contributed by atoms with E-state index in [-0.39, 0.29) is 0 Å². The average Bonchev–Trinajstić information content (AvgIpc) is 3.50. The van der Waals surface area contributed by atoms with Crippen molar-refractivity contribution in [3.8, 4) is 11.1 Å². The molecule has 0 radical (unpaired) electrons. The molecule has 1 saturated carbocycles. The number of hydrogen-bond acceptors (Lipinski definition) is 4. The molecule has 4 heterocycles. The summed E-state index contributed by atoms with van der Waals surface area (Å²) in [5, 5.41) is 4.96. The number of H-pyrrole nitrogens is 1. The predicted octanol–water partition coefficient (Wildman–Crippen LogP) is 4.34. The van der Waals surface area contributed by atoms with Crippen LogP contribution in [0.2, 0.25) is 5.15 Å². The van der Waals surface area contributed by atoms with Gasteiger partial charge >= 0.3 is 0 Å². The summed E-state index contributed by atoms with van der Waals surface area (Å²) in [4.78, 5) is 26.4. The summed E-state index contributed by atoms with van der Waals surface area (Å²) in [5.74, 6) is 1.85. The maximum atomic E-state index is 12.4. The van der Waals surface area contributed by atoms with Crippen LogP contribution in [0.25, 0.3) is 22.2 Å². The van der Waals surface area contributed by atoms with Crippen molar-refractivity contribution in [2.75, 3.05) is 25.0 Å². The number of likely N-dealkylation sites (tertiary alicyclic amines) is 1. The van der Waals surface area contributed by atoms with Crippen molar-refractivity contribution >= 4 is 34.4 Å². The Balaban J connectivity index is 1.30. The van der Waals surface area contributed by atoms with Gasteiger partial charge in [-0.15, -0.1) is 0 Å². The molecule has 150 valence electrons. The largest absolute Gasteiger partial charge is 0.370 e. The Hall–Kier alpha value is -2.60. The van der Waals surface area contributed by atoms with Gasteiger partial charge in [-0.25, -0.2) is 9.97 Å². The highest BCUT2D eigenvalue weighted by Gasteiger charge is 2.35. The van der Waals surface area contributed by atoms with Gasteiger partial charge in [-0.05, 0) is 61.4 Å². The number of fused-ring (bicyclic) bond motifs is 1. The molecule has 1 aliphatic heterocycles. The molecule has 2 aliphatic rings. The summed E-state index contributed by atoms with van der Waals surface area (Å²) < 4.78 is 0. The lowest BCUT2D eigenvalue weighted by Gasteiger charge is -2.33. The first-order valence-electron chi connectivity index (χ1n) is 10.3. The van der Waals surface area contributed by atoms with Gasteiger partial charge in [-0.2, -0.15) is 0 Å². The van der Waals surface area contributed by atoms with Crippen molar-refractivity contribution in [2.45, 2.75) is 25.7 Å². The molecule has 2 N–H and O–H groups in total. The number of halogens is 1. The lowest BCUT2D eigenvalue weighted by molar-refractivity contribution is -0.134. The minimum atomic E-state index is 0.296. The van der Waals surface area contributed by atoms with E-state index in [4.69, 9.17) is 11.6 Å². The number of pyridine rings is 2. The topological polar surface area (TPSA) is 73.9 Å². The number of nitrogens with one attached hydrogen (secondary N) is 2. The molecule has 6 nitrogen and oxygen atoms in total. The van der Waals surface area contributed by atoms with Crippen molar-refractivity contribution in [1.29, 1.82) is 0 Å². The monoisotopic (exact) mass is 409 g/mol. The molecular formula is C22H24ClN5O. The molecule has 5 rings (SSSR count). The number of nitrogens with zero attached hydrogens (tertiary/aromatic N) is 3. The van der Waals surface area contributed by atoms with Gasteiger partial charge in [0.25, 0.3) is 0 Å². The first kappa shape index (κ1) is 18.4. The first-order valence-corrected chi connectivity index (χ1v) is 10.7. The molecule has 3 aromatic rings. The minimum absolute atomic E-state index is 0.296. The van der Waals surface area contributed by atoms with E-state index >= 15 is 0 Å². The van der Waals surface area contributed by atoms with Crippen molar-refractivity contribution < 1.29 is 4.79 Å². The summed E-state index contributed by atoms with van der Waals surface area (Å²) in [6.07, 6.45) is 8.06. The Morgan fingerprint density at radius 2 is 2.21 bits per heavy atom. The van der Waals surface area contributed by atoms with E-state index in [0.29, 0.717) is 22.9 Å². The lowest BCUT2D eigenvalue weighted by atomic mass is 9.97. The standard InChI is InChI=1S/C22H24ClN5O/c23-19-9-16(18-12-26-21-17(18)4-1-7-24-21)10-20(27-19)25-11-14-3-2-8-28(13-14)22(29)15-5-6-15/h1,4,7,9-10,12,14-15H,2-3,5-6,8,11,13H2,(H,24,26)(H,25,27). The zero-order chi connectivity index (χ0) is 19.8. The molecule has 1 amide bonds. The highest BCUT2D eigenvalue weighted by molar-refractivity contribution is 6.29. The van der Waals surface area contributed by atoms with E-state index in [0.717, 1.165) is 73.3 Å². The Bertz CT molecular complexity index is 1040. The molecule has 3 aromatic heterocycles. The number of aromatic amines is 1. The molecule has 1 unspecified atom stereocenters. The summed E-state index contributed by atoms with van der Waals surface area (Å²) >= 11 is 6.32. The average molecular weight is 410 g/mol. The van der Waals surface area contributed by atoms with E-state index in [2.05, 4.69) is 25.2 Å². The van der Waals surface area contributed by atoms with Crippen molar-refractivity contribution in [1.82, 2.24) is 19.9 Å². The van der Waals surface area contributed by atoms with E-state index in [1.165, 1.54) is 0 Å². The van der Waals surface area contributed by atoms with Crippen LogP contribution in [-0.4, -0.2) is 45.4 Å². The predicted molar refractivity (Wildman–Crippen MR) is 115 cm³/mol. The fourth-order valence-electron chi connectivity index (χ4n) is 4.21. The van der Waals surface area contributed by atoms with Crippen molar-refractivity contribution in [3.05, 3.63) is 41.8 Å². The van der Waals surface area contributed by atoms with Gasteiger partial charge in [-0.3, -0.25) is 4.79 Å². The number of rotatable bonds is 5. The number of carbonyl (C=O) groups excluding carboxylic acids is 1. The van der Waals surface area contributed by atoms with E-state index in [1.807, 2.05) is 30.5 Å². The maximum Gasteiger partial charge on any atom is 0.225 e. The van der Waals surface area contributed by atoms with Crippen LogP contribution in [0.5, 0.6) is 0 Å². The summed E-state index contributed by atoms with van der Waals surface area (Å²) in [5.41, 5.74) is 2.91. The fourth-order valence-corrected chi connectivity index (χ4v) is 4.42. The van der Waals surface area contributed by atoms with Gasteiger partial charge in [0.05, 0.1) is 0 Å². The van der Waals surface area contributed by atoms with Crippen LogP contribution in [0.15, 0.2) is 36.7 Å². The maximum absolute atomic E-state index is 12.4. The molecule has 7 heteroatoms. The Labute approximate surface area is 174 Å². The molecule has 0 bridgehead atoms. The van der Waals surface area contributed by atoms with Crippen LogP contribution in [0.3, 0.4) is 0 Å². The van der Waals surface area contributed by atoms with E-state index in [1.54, 1.807) is 6.20 Å². The SMILES string of the molecule is O=C(C1CC1)N1CCCC(CNc2cc(-c3c[nH]c4ncccc34)cc(Cl)n2)C1. The van der Waals surface area contributed by atoms with Crippen molar-refractivity contribution in [3.63, 3.8) is 0 Å². The molecule has 1 atom stereocenters. The van der Waals surface area contributed by atoms with Gasteiger partial charge in [0.1, 0.15) is 16.6 Å². The van der Waals surface area contributed by atoms with E-state index in [9.17, 15) is 4.79 Å². The highest BCUT2D eigenvalue weighted by Crippen LogP contribution is 2.33. The van der Waals surface area contributed by atoms with Crippen LogP contribution in [0, 0.1) is 11.8 Å². The van der Waals surface area contributed by atoms with Gasteiger partial charge in [0, 0.05) is 48.9 Å². The third-order valence-corrected chi connectivity index (χ3v) is 6.08. The summed E-state index contributed by atoms with van der Waals surface area (Å²) in [6.45, 7) is 2.53. The van der Waals surface area contributed by atoms with Crippen LogP contribution in [0.1, 0.15) is 25.7 Å². The molecular weight excluding hydrogens is 386 g/mol. The van der Waals surface area contributed by atoms with Crippen LogP contribution < -0.4 is 5.32 Å². The number of hydrogen-bond donors (Lipinski definition) is 2. The molecule has 1 aliphatic carbocycles. The summed E-state index contributed by atoms with van der Waals surface area (Å²) in [7, 11) is 0. The molecule has 0 aromatic carbocycles. The van der Waals surface area contributed by atoms with Crippen LogP contribution in [-0.2, 0) is 4.79 Å². The normalized spacial score (nSPS) is 19.5. The van der Waals surface area contributed by atoms with Crippen molar-refractivity contribution in [2.24, 2.45) is 11.8 Å². The second-order valence-corrected chi connectivity index (χ2v) is 8.50. The number of carbonyl (C=O) groups is 1. The number of aromatic nitrogens is 3. The smallest absolute Gasteiger partial charge is 0.225 e. The van der Waals surface area contributed by atoms with Crippen LogP contribution in [0.4, 0.5) is 5.82 Å². The zero-order valence-corrected chi connectivity index (χ0v) is 17.0. The van der Waals surface area contributed by atoms with Gasteiger partial charge in [0.15, 0.2) is 0 Å². The Morgan fingerprint density at radius 3 is 3.07 bits per heavy atom. The summed E-state index contributed by atoms with van der Waals surface area (Å²) in [6, 6.07) is 7.87. The highest BCUT2D eigenvalue weighted by atomic mass is 35.5. The molecule has 0 spiro atoms. The lowest BCUT2D eigenvalue weighted by Crippen LogP contribution is -2.42. The zero-order valence-electron chi connectivity index (χ0n) is 16.2. The fraction of sp³-hybridized carbons (Fsp3) is 0.409. The Morgan fingerprint density at radius 1 is 1.31 bits per heavy atom. The molecule has 1 saturated heterocycles. The van der Waals surface area contributed by atoms with Crippen LogP contribution >= 0.6 is 11.6 Å².